The molecule has 0 atom stereocenters. The molecule has 0 fully saturated rings. The SMILES string of the molecule is Cc1cc(NC(=S)SCc2ccc(Cl)cc2)c([N+](=O)[O-])cc1C. The molecule has 0 unspecified atom stereocenters. The largest absolute Gasteiger partial charge is 0.336 e. The van der Waals surface area contributed by atoms with Gasteiger partial charge >= 0.3 is 0 Å². The van der Waals surface area contributed by atoms with Crippen molar-refractivity contribution in [2.45, 2.75) is 19.6 Å². The van der Waals surface area contributed by atoms with Crippen LogP contribution in [0.4, 0.5) is 11.4 Å². The minimum absolute atomic E-state index is 0.0301. The summed E-state index contributed by atoms with van der Waals surface area (Å²) in [6, 6.07) is 10.8. The highest BCUT2D eigenvalue weighted by molar-refractivity contribution is 8.22. The molecule has 2 rings (SSSR count). The second-order valence-corrected chi connectivity index (χ2v) is 7.13. The van der Waals surface area contributed by atoms with Gasteiger partial charge in [0.1, 0.15) is 10.0 Å². The summed E-state index contributed by atoms with van der Waals surface area (Å²) in [7, 11) is 0. The lowest BCUT2D eigenvalue weighted by atomic mass is 10.1. The van der Waals surface area contributed by atoms with Crippen molar-refractivity contribution < 1.29 is 4.92 Å². The lowest BCUT2D eigenvalue weighted by Gasteiger charge is -2.10. The number of nitrogens with one attached hydrogen (secondary N) is 1. The molecule has 0 saturated carbocycles. The smallest absolute Gasteiger partial charge is 0.292 e. The van der Waals surface area contributed by atoms with Gasteiger partial charge in [-0.05, 0) is 48.7 Å². The third-order valence-corrected chi connectivity index (χ3v) is 4.88. The van der Waals surface area contributed by atoms with E-state index in [0.29, 0.717) is 20.8 Å². The Morgan fingerprint density at radius 1 is 1.26 bits per heavy atom. The van der Waals surface area contributed by atoms with Crippen LogP contribution in [0, 0.1) is 24.0 Å². The maximum Gasteiger partial charge on any atom is 0.292 e. The summed E-state index contributed by atoms with van der Waals surface area (Å²) in [6.07, 6.45) is 0. The fraction of sp³-hybridized carbons (Fsp3) is 0.188. The monoisotopic (exact) mass is 366 g/mol. The quantitative estimate of drug-likeness (QED) is 0.440. The number of nitro benzene ring substituents is 1. The third-order valence-electron chi connectivity index (χ3n) is 3.33. The summed E-state index contributed by atoms with van der Waals surface area (Å²) in [5.41, 5.74) is 3.39. The zero-order valence-electron chi connectivity index (χ0n) is 12.6. The van der Waals surface area contributed by atoms with Crippen LogP contribution < -0.4 is 5.32 Å². The molecule has 0 aliphatic carbocycles. The van der Waals surface area contributed by atoms with Crippen LogP contribution in [0.2, 0.25) is 5.02 Å². The zero-order chi connectivity index (χ0) is 17.0. The Labute approximate surface area is 149 Å². The van der Waals surface area contributed by atoms with Gasteiger partial charge in [-0.25, -0.2) is 0 Å². The van der Waals surface area contributed by atoms with E-state index in [1.165, 1.54) is 11.8 Å². The first-order chi connectivity index (χ1) is 10.9. The van der Waals surface area contributed by atoms with Gasteiger partial charge in [-0.2, -0.15) is 0 Å². The molecular weight excluding hydrogens is 352 g/mol. The van der Waals surface area contributed by atoms with Crippen LogP contribution in [0.15, 0.2) is 36.4 Å². The number of nitrogens with zero attached hydrogens (tertiary/aromatic N) is 1. The normalized spacial score (nSPS) is 10.4. The number of anilines is 1. The van der Waals surface area contributed by atoms with Crippen molar-refractivity contribution in [2.75, 3.05) is 5.32 Å². The Kier molecular flexibility index (Phi) is 5.98. The standard InChI is InChI=1S/C16H15ClN2O2S2/c1-10-7-14(15(19(20)21)8-11(10)2)18-16(22)23-9-12-3-5-13(17)6-4-12/h3-8H,9H2,1-2H3,(H,18,22). The predicted molar refractivity (Wildman–Crippen MR) is 102 cm³/mol. The van der Waals surface area contributed by atoms with Crippen molar-refractivity contribution in [1.82, 2.24) is 0 Å². The van der Waals surface area contributed by atoms with Gasteiger partial charge in [0.15, 0.2) is 0 Å². The molecule has 0 spiro atoms. The van der Waals surface area contributed by atoms with Gasteiger partial charge in [-0.1, -0.05) is 47.7 Å². The molecule has 0 aromatic heterocycles. The summed E-state index contributed by atoms with van der Waals surface area (Å²) in [5, 5.41) is 14.8. The molecule has 2 aromatic rings. The molecular formula is C16H15ClN2O2S2. The summed E-state index contributed by atoms with van der Waals surface area (Å²) in [6.45, 7) is 3.76. The Balaban J connectivity index is 2.06. The minimum Gasteiger partial charge on any atom is -0.336 e. The van der Waals surface area contributed by atoms with Crippen molar-refractivity contribution in [2.24, 2.45) is 0 Å². The zero-order valence-corrected chi connectivity index (χ0v) is 15.0. The molecule has 0 amide bonds. The van der Waals surface area contributed by atoms with Crippen LogP contribution in [0.25, 0.3) is 0 Å². The maximum absolute atomic E-state index is 11.2. The van der Waals surface area contributed by atoms with Crippen molar-refractivity contribution >= 4 is 51.3 Å². The van der Waals surface area contributed by atoms with Gasteiger partial charge < -0.3 is 5.32 Å². The molecule has 23 heavy (non-hydrogen) atoms. The van der Waals surface area contributed by atoms with Gasteiger partial charge in [0, 0.05) is 16.8 Å². The molecule has 0 aliphatic rings. The van der Waals surface area contributed by atoms with Crippen molar-refractivity contribution in [3.63, 3.8) is 0 Å². The fourth-order valence-corrected chi connectivity index (χ4v) is 3.01. The van der Waals surface area contributed by atoms with E-state index < -0.39 is 4.92 Å². The fourth-order valence-electron chi connectivity index (χ4n) is 1.93. The van der Waals surface area contributed by atoms with Gasteiger partial charge in [0.2, 0.25) is 0 Å². The molecule has 1 N–H and O–H groups in total. The van der Waals surface area contributed by atoms with Crippen molar-refractivity contribution in [3.05, 3.63) is 68.2 Å². The number of hydrogen-bond donors (Lipinski definition) is 1. The molecule has 0 aliphatic heterocycles. The van der Waals surface area contributed by atoms with Gasteiger partial charge in [0.25, 0.3) is 5.69 Å². The van der Waals surface area contributed by atoms with E-state index >= 15 is 0 Å². The summed E-state index contributed by atoms with van der Waals surface area (Å²) in [5.74, 6) is 0.668. The number of halogens is 1. The van der Waals surface area contributed by atoms with Gasteiger partial charge in [0.05, 0.1) is 4.92 Å². The van der Waals surface area contributed by atoms with E-state index in [2.05, 4.69) is 5.32 Å². The van der Waals surface area contributed by atoms with E-state index in [4.69, 9.17) is 23.8 Å². The molecule has 2 aromatic carbocycles. The van der Waals surface area contributed by atoms with Crippen LogP contribution in [0.5, 0.6) is 0 Å². The van der Waals surface area contributed by atoms with E-state index in [1.54, 1.807) is 12.1 Å². The topological polar surface area (TPSA) is 55.2 Å². The van der Waals surface area contributed by atoms with Crippen molar-refractivity contribution in [3.8, 4) is 0 Å². The van der Waals surface area contributed by atoms with Gasteiger partial charge in [-0.3, -0.25) is 10.1 Å². The Morgan fingerprint density at radius 3 is 2.48 bits per heavy atom. The average Bonchev–Trinajstić information content (AvgIpc) is 2.50. The highest BCUT2D eigenvalue weighted by atomic mass is 35.5. The Morgan fingerprint density at radius 2 is 1.87 bits per heavy atom. The number of thiocarbonyl (C=S) groups is 1. The lowest BCUT2D eigenvalue weighted by molar-refractivity contribution is -0.384. The number of hydrogen-bond acceptors (Lipinski definition) is 4. The van der Waals surface area contributed by atoms with E-state index in [-0.39, 0.29) is 5.69 Å². The molecule has 0 heterocycles. The Hall–Kier alpha value is -1.63. The van der Waals surface area contributed by atoms with E-state index in [0.717, 1.165) is 16.7 Å². The molecule has 0 saturated heterocycles. The third kappa shape index (κ3) is 4.92. The number of benzene rings is 2. The Bertz CT molecular complexity index is 748. The van der Waals surface area contributed by atoms with Crippen LogP contribution in [-0.2, 0) is 5.75 Å². The number of aryl methyl sites for hydroxylation is 2. The molecule has 0 bridgehead atoms. The molecule has 4 nitrogen and oxygen atoms in total. The second kappa shape index (κ2) is 7.77. The molecule has 0 radical (unpaired) electrons. The summed E-state index contributed by atoms with van der Waals surface area (Å²) >= 11 is 12.5. The van der Waals surface area contributed by atoms with E-state index in [9.17, 15) is 10.1 Å². The highest BCUT2D eigenvalue weighted by Gasteiger charge is 2.16. The first-order valence-corrected chi connectivity index (χ1v) is 8.58. The molecule has 7 heteroatoms. The number of rotatable bonds is 4. The first kappa shape index (κ1) is 17.7. The number of thioether (sulfide) groups is 1. The first-order valence-electron chi connectivity index (χ1n) is 6.80. The summed E-state index contributed by atoms with van der Waals surface area (Å²) < 4.78 is 0.492. The van der Waals surface area contributed by atoms with Crippen LogP contribution in [0.1, 0.15) is 16.7 Å². The van der Waals surface area contributed by atoms with Crippen LogP contribution in [0.3, 0.4) is 0 Å². The van der Waals surface area contributed by atoms with Gasteiger partial charge in [-0.15, -0.1) is 0 Å². The average molecular weight is 367 g/mol. The second-order valence-electron chi connectivity index (χ2n) is 5.04. The van der Waals surface area contributed by atoms with Crippen LogP contribution in [-0.4, -0.2) is 9.24 Å². The minimum atomic E-state index is -0.402. The predicted octanol–water partition coefficient (Wildman–Crippen LogP) is 5.50. The van der Waals surface area contributed by atoms with Crippen molar-refractivity contribution in [1.29, 1.82) is 0 Å². The lowest BCUT2D eigenvalue weighted by Crippen LogP contribution is -2.08. The molecule has 120 valence electrons. The maximum atomic E-state index is 11.2. The van der Waals surface area contributed by atoms with Crippen LogP contribution >= 0.6 is 35.6 Å². The highest BCUT2D eigenvalue weighted by Crippen LogP contribution is 2.29. The number of nitro groups is 1. The summed E-state index contributed by atoms with van der Waals surface area (Å²) in [4.78, 5) is 10.8. The van der Waals surface area contributed by atoms with E-state index in [1.807, 2.05) is 38.1 Å².